The van der Waals surface area contributed by atoms with Crippen LogP contribution in [-0.4, -0.2) is 100 Å². The summed E-state index contributed by atoms with van der Waals surface area (Å²) in [6.45, 7) is 9.93. The molecule has 10 nitrogen and oxygen atoms in total. The SMILES string of the molecule is CC(C)(C)[N+]1(C(=O)O)CC[N+](Cc2cc(Cl)cc(Cl)c2)(C(=O)O)CC1.O=C(OCc1cc(Cl)cc(Cl)c1)N1CCNCC1. The molecule has 236 valence electrons. The summed E-state index contributed by atoms with van der Waals surface area (Å²) in [6, 6.07) is 10.1. The van der Waals surface area contributed by atoms with Gasteiger partial charge in [0.15, 0.2) is 0 Å². The number of benzene rings is 2. The molecule has 3 N–H and O–H groups in total. The molecule has 0 aliphatic carbocycles. The largest absolute Gasteiger partial charge is 0.514 e. The lowest BCUT2D eigenvalue weighted by atomic mass is 9.99. The number of nitrogens with one attached hydrogen (secondary N) is 1. The topological polar surface area (TPSA) is 116 Å². The van der Waals surface area contributed by atoms with Crippen molar-refractivity contribution in [2.24, 2.45) is 0 Å². The van der Waals surface area contributed by atoms with Gasteiger partial charge < -0.3 is 25.2 Å². The number of carbonyl (C=O) groups is 3. The summed E-state index contributed by atoms with van der Waals surface area (Å²) in [7, 11) is 0. The summed E-state index contributed by atoms with van der Waals surface area (Å²) in [5.74, 6) is 0. The van der Waals surface area contributed by atoms with Gasteiger partial charge in [0.25, 0.3) is 0 Å². The highest BCUT2D eigenvalue weighted by Gasteiger charge is 2.56. The maximum absolute atomic E-state index is 12.0. The molecule has 4 rings (SSSR count). The number of hydrogen-bond donors (Lipinski definition) is 3. The summed E-state index contributed by atoms with van der Waals surface area (Å²) in [5, 5.41) is 24.8. The maximum atomic E-state index is 12.0. The second-order valence-electron chi connectivity index (χ2n) is 11.7. The molecule has 2 heterocycles. The van der Waals surface area contributed by atoms with E-state index in [0.29, 0.717) is 33.2 Å². The number of piperazine rings is 2. The van der Waals surface area contributed by atoms with Crippen molar-refractivity contribution >= 4 is 64.7 Å². The Labute approximate surface area is 271 Å². The molecule has 0 aromatic heterocycles. The first kappa shape index (κ1) is 35.2. The molecule has 14 heteroatoms. The van der Waals surface area contributed by atoms with Gasteiger partial charge in [-0.2, -0.15) is 9.59 Å². The molecule has 0 atom stereocenters. The number of hydrogen-bond acceptors (Lipinski definition) is 5. The van der Waals surface area contributed by atoms with Crippen LogP contribution in [0.5, 0.6) is 0 Å². The van der Waals surface area contributed by atoms with Gasteiger partial charge in [0.2, 0.25) is 0 Å². The number of quaternary nitrogens is 2. The highest BCUT2D eigenvalue weighted by atomic mass is 35.5. The van der Waals surface area contributed by atoms with E-state index >= 15 is 0 Å². The van der Waals surface area contributed by atoms with Crippen LogP contribution >= 0.6 is 46.4 Å². The Bertz CT molecular complexity index is 1280. The minimum atomic E-state index is -0.965. The van der Waals surface area contributed by atoms with Crippen LogP contribution in [0.4, 0.5) is 14.4 Å². The van der Waals surface area contributed by atoms with E-state index in [0.717, 1.165) is 24.2 Å². The molecule has 2 aliphatic rings. The number of ether oxygens (including phenoxy) is 1. The van der Waals surface area contributed by atoms with Gasteiger partial charge in [0.05, 0.1) is 0 Å². The average molecular weight is 680 g/mol. The monoisotopic (exact) mass is 678 g/mol. The molecule has 0 bridgehead atoms. The van der Waals surface area contributed by atoms with Crippen LogP contribution in [0.3, 0.4) is 0 Å². The molecule has 0 saturated carbocycles. The predicted molar refractivity (Wildman–Crippen MR) is 167 cm³/mol. The molecule has 3 amide bonds. The zero-order valence-corrected chi connectivity index (χ0v) is 27.4. The molecule has 2 fully saturated rings. The van der Waals surface area contributed by atoms with Crippen LogP contribution in [0, 0.1) is 0 Å². The van der Waals surface area contributed by atoms with Crippen molar-refractivity contribution in [2.45, 2.75) is 39.5 Å². The molecule has 0 spiro atoms. The van der Waals surface area contributed by atoms with Gasteiger partial charge in [-0.05, 0) is 62.7 Å². The Morgan fingerprint density at radius 2 is 1.26 bits per heavy atom. The van der Waals surface area contributed by atoms with Crippen molar-refractivity contribution in [1.29, 1.82) is 0 Å². The maximum Gasteiger partial charge on any atom is 0.514 e. The smallest absolute Gasteiger partial charge is 0.445 e. The lowest BCUT2D eigenvalue weighted by molar-refractivity contribution is -0.993. The third-order valence-corrected chi connectivity index (χ3v) is 8.82. The second kappa shape index (κ2) is 14.6. The number of rotatable bonds is 4. The lowest BCUT2D eigenvalue weighted by Gasteiger charge is -2.49. The average Bonchev–Trinajstić information content (AvgIpc) is 2.91. The Kier molecular flexibility index (Phi) is 12.0. The highest BCUT2D eigenvalue weighted by Crippen LogP contribution is 2.32. The number of halogens is 4. The Balaban J connectivity index is 0.000000248. The zero-order valence-electron chi connectivity index (χ0n) is 24.4. The van der Waals surface area contributed by atoms with E-state index in [2.05, 4.69) is 5.32 Å². The molecule has 0 radical (unpaired) electrons. The highest BCUT2D eigenvalue weighted by molar-refractivity contribution is 6.35. The quantitative estimate of drug-likeness (QED) is 0.303. The van der Waals surface area contributed by atoms with Crippen molar-refractivity contribution in [1.82, 2.24) is 10.2 Å². The van der Waals surface area contributed by atoms with E-state index in [1.54, 1.807) is 41.3 Å². The summed E-state index contributed by atoms with van der Waals surface area (Å²) in [5.41, 5.74) is 1.00. The van der Waals surface area contributed by atoms with Gasteiger partial charge in [0, 0.05) is 51.8 Å². The number of amides is 3. The number of nitrogens with zero attached hydrogens (tertiary/aromatic N) is 3. The van der Waals surface area contributed by atoms with E-state index in [9.17, 15) is 24.6 Å². The van der Waals surface area contributed by atoms with Gasteiger partial charge in [-0.1, -0.05) is 46.4 Å². The van der Waals surface area contributed by atoms with Crippen LogP contribution in [0.1, 0.15) is 31.9 Å². The number of carbonyl (C=O) groups excluding carboxylic acids is 1. The molecule has 2 saturated heterocycles. The fraction of sp³-hybridized carbons (Fsp3) is 0.483. The van der Waals surface area contributed by atoms with E-state index in [4.69, 9.17) is 51.1 Å². The summed E-state index contributed by atoms with van der Waals surface area (Å²) in [4.78, 5) is 37.4. The summed E-state index contributed by atoms with van der Waals surface area (Å²) >= 11 is 23.8. The van der Waals surface area contributed by atoms with Gasteiger partial charge in [0.1, 0.15) is 44.9 Å². The molecule has 43 heavy (non-hydrogen) atoms. The van der Waals surface area contributed by atoms with Gasteiger partial charge in [-0.3, -0.25) is 0 Å². The van der Waals surface area contributed by atoms with Crippen LogP contribution in [0.25, 0.3) is 0 Å². The van der Waals surface area contributed by atoms with Gasteiger partial charge in [-0.15, -0.1) is 0 Å². The summed E-state index contributed by atoms with van der Waals surface area (Å²) < 4.78 is 4.86. The van der Waals surface area contributed by atoms with Crippen LogP contribution < -0.4 is 5.32 Å². The van der Waals surface area contributed by atoms with E-state index < -0.39 is 17.7 Å². The molecular formula is C29H38Cl4N4O6+2. The normalized spacial score (nSPS) is 22.3. The first-order valence-corrected chi connectivity index (χ1v) is 15.3. The first-order valence-electron chi connectivity index (χ1n) is 13.8. The molecule has 2 aromatic rings. The molecule has 2 aromatic carbocycles. The Hall–Kier alpha value is -2.31. The molecular weight excluding hydrogens is 642 g/mol. The third kappa shape index (κ3) is 9.11. The Morgan fingerprint density at radius 1 is 0.791 bits per heavy atom. The zero-order chi connectivity index (χ0) is 32.0. The molecule has 0 unspecified atom stereocenters. The third-order valence-electron chi connectivity index (χ3n) is 7.94. The number of carboxylic acid groups (broad SMARTS) is 2. The van der Waals surface area contributed by atoms with Gasteiger partial charge >= 0.3 is 18.3 Å². The first-order chi connectivity index (χ1) is 20.1. The predicted octanol–water partition coefficient (Wildman–Crippen LogP) is 6.83. The van der Waals surface area contributed by atoms with Crippen molar-refractivity contribution in [3.8, 4) is 0 Å². The van der Waals surface area contributed by atoms with E-state index in [1.165, 1.54) is 0 Å². The van der Waals surface area contributed by atoms with Crippen molar-refractivity contribution in [3.05, 3.63) is 67.6 Å². The van der Waals surface area contributed by atoms with E-state index in [-0.39, 0.29) is 54.4 Å². The Morgan fingerprint density at radius 3 is 1.67 bits per heavy atom. The minimum absolute atomic E-state index is 0.142. The molecule has 2 aliphatic heterocycles. The lowest BCUT2D eigenvalue weighted by Crippen LogP contribution is -2.74. The minimum Gasteiger partial charge on any atom is -0.445 e. The van der Waals surface area contributed by atoms with Crippen LogP contribution in [0.2, 0.25) is 20.1 Å². The fourth-order valence-corrected chi connectivity index (χ4v) is 6.49. The standard InChI is InChI=1S/C17H22Cl2N2O4.C12H14Cl2N2O2/c1-17(2,3)21(16(24)25)6-4-20(5-7-21,15(22)23)11-12-8-13(18)10-14(19)9-12;13-10-5-9(6-11(14)7-10)8-18-12(17)16-3-1-15-2-4-16/h8-10H,4-7,11H2,1-3H3;5-7,15H,1-4,8H2/p+2. The van der Waals surface area contributed by atoms with Gasteiger partial charge in [-0.25, -0.2) is 13.8 Å². The van der Waals surface area contributed by atoms with Crippen molar-refractivity contribution < 1.29 is 38.3 Å². The van der Waals surface area contributed by atoms with E-state index in [1.807, 2.05) is 20.8 Å². The van der Waals surface area contributed by atoms with Crippen LogP contribution in [0.15, 0.2) is 36.4 Å². The van der Waals surface area contributed by atoms with Crippen molar-refractivity contribution in [3.63, 3.8) is 0 Å². The van der Waals surface area contributed by atoms with Crippen LogP contribution in [-0.2, 0) is 17.9 Å². The van der Waals surface area contributed by atoms with Crippen molar-refractivity contribution in [2.75, 3.05) is 52.4 Å². The fourth-order valence-electron chi connectivity index (χ4n) is 5.34. The summed E-state index contributed by atoms with van der Waals surface area (Å²) in [6.07, 6.45) is -2.18. The second-order valence-corrected chi connectivity index (χ2v) is 13.5.